The van der Waals surface area contributed by atoms with Crippen LogP contribution in [0.1, 0.15) is 43.9 Å². The van der Waals surface area contributed by atoms with Crippen molar-refractivity contribution in [2.24, 2.45) is 0 Å². The Balaban J connectivity index is 2.06. The first-order valence-electron chi connectivity index (χ1n) is 10.5. The topological polar surface area (TPSA) is 85.7 Å². The molecule has 33 heavy (non-hydrogen) atoms. The number of aliphatic hydroxyl groups excluding tert-OH is 1. The molecule has 1 N–H and O–H groups in total. The Bertz CT molecular complexity index is 1190. The number of fused-ring (bicyclic) bond motifs is 1. The number of hydrogen-bond donors (Lipinski definition) is 1. The van der Waals surface area contributed by atoms with E-state index >= 15 is 0 Å². The zero-order valence-corrected chi connectivity index (χ0v) is 19.8. The molecule has 0 bridgehead atoms. The van der Waals surface area contributed by atoms with Crippen LogP contribution in [0.4, 0.5) is 4.39 Å². The highest BCUT2D eigenvalue weighted by Gasteiger charge is 2.23. The number of hydrogen-bond acceptors (Lipinski definition) is 6. The molecule has 0 aliphatic rings. The fourth-order valence-corrected chi connectivity index (χ4v) is 4.10. The summed E-state index contributed by atoms with van der Waals surface area (Å²) in [5.74, 6) is -1.12. The van der Waals surface area contributed by atoms with Crippen LogP contribution in [0.2, 0.25) is 0 Å². The molecule has 2 aromatic carbocycles. The SMILES string of the molecule is C=C(CC(O)CC(=O)O[PH](=O)OC)c1c(C(C)C)nc2ccccc2c1-c1ccc(F)cc1. The number of rotatable bonds is 9. The maximum atomic E-state index is 13.7. The van der Waals surface area contributed by atoms with E-state index in [4.69, 9.17) is 4.98 Å². The summed E-state index contributed by atoms with van der Waals surface area (Å²) in [6.45, 7) is 8.22. The van der Waals surface area contributed by atoms with Crippen LogP contribution in [0.25, 0.3) is 27.6 Å². The summed E-state index contributed by atoms with van der Waals surface area (Å²) < 4.78 is 34.1. The highest BCUT2D eigenvalue weighted by atomic mass is 31.1. The molecule has 3 aromatic rings. The first-order chi connectivity index (χ1) is 15.7. The van der Waals surface area contributed by atoms with E-state index in [9.17, 15) is 18.9 Å². The number of nitrogens with zero attached hydrogens (tertiary/aromatic N) is 1. The van der Waals surface area contributed by atoms with E-state index < -0.39 is 20.3 Å². The Morgan fingerprint density at radius 1 is 1.15 bits per heavy atom. The predicted octanol–water partition coefficient (Wildman–Crippen LogP) is 5.90. The molecule has 0 fully saturated rings. The lowest BCUT2D eigenvalue weighted by Crippen LogP contribution is -2.15. The number of benzene rings is 2. The molecule has 2 unspecified atom stereocenters. The van der Waals surface area contributed by atoms with Gasteiger partial charge in [-0.1, -0.05) is 50.8 Å². The van der Waals surface area contributed by atoms with Gasteiger partial charge in [-0.05, 0) is 41.7 Å². The zero-order valence-electron chi connectivity index (χ0n) is 18.8. The molecule has 1 heterocycles. The van der Waals surface area contributed by atoms with E-state index in [1.807, 2.05) is 38.1 Å². The number of carbonyl (C=O) groups excluding carboxylic acids is 1. The zero-order chi connectivity index (χ0) is 24.1. The normalized spacial score (nSPS) is 13.2. The van der Waals surface area contributed by atoms with Gasteiger partial charge in [0.15, 0.2) is 0 Å². The highest BCUT2D eigenvalue weighted by Crippen LogP contribution is 2.40. The molecular formula is C25H27FNO5P. The molecule has 0 spiro atoms. The average Bonchev–Trinajstić information content (AvgIpc) is 2.77. The van der Waals surface area contributed by atoms with Crippen molar-refractivity contribution in [3.8, 4) is 11.1 Å². The molecule has 0 aliphatic heterocycles. The summed E-state index contributed by atoms with van der Waals surface area (Å²) in [7, 11) is -1.74. The van der Waals surface area contributed by atoms with Gasteiger partial charge in [-0.2, -0.15) is 0 Å². The summed E-state index contributed by atoms with van der Waals surface area (Å²) >= 11 is 0. The van der Waals surface area contributed by atoms with Gasteiger partial charge < -0.3 is 14.2 Å². The van der Waals surface area contributed by atoms with Crippen molar-refractivity contribution in [2.75, 3.05) is 7.11 Å². The number of para-hydroxylation sites is 1. The van der Waals surface area contributed by atoms with Gasteiger partial charge in [0.1, 0.15) is 5.82 Å². The molecule has 2 atom stereocenters. The van der Waals surface area contributed by atoms with Crippen molar-refractivity contribution < 1.29 is 27.9 Å². The Hall–Kier alpha value is -2.86. The molecule has 0 saturated heterocycles. The third-order valence-corrected chi connectivity index (χ3v) is 5.93. The molecule has 174 valence electrons. The maximum absolute atomic E-state index is 13.7. The lowest BCUT2D eigenvalue weighted by molar-refractivity contribution is -0.136. The molecular weight excluding hydrogens is 444 g/mol. The summed E-state index contributed by atoms with van der Waals surface area (Å²) in [6, 6.07) is 13.9. The average molecular weight is 471 g/mol. The van der Waals surface area contributed by atoms with Gasteiger partial charge in [0.2, 0.25) is 0 Å². The van der Waals surface area contributed by atoms with Crippen LogP contribution in [0.15, 0.2) is 55.1 Å². The molecule has 3 rings (SSSR count). The fraction of sp³-hybridized carbons (Fsp3) is 0.280. The molecule has 8 heteroatoms. The van der Waals surface area contributed by atoms with Crippen LogP contribution in [0, 0.1) is 5.82 Å². The van der Waals surface area contributed by atoms with Gasteiger partial charge in [-0.15, -0.1) is 0 Å². The van der Waals surface area contributed by atoms with Crippen molar-refractivity contribution in [3.63, 3.8) is 0 Å². The standard InChI is InChI=1S/C25H27FNO5P/c1-15(2)25-23(16(3)13-19(28)14-22(29)32-33(30)31-4)24(17-9-11-18(26)12-10-17)20-7-5-6-8-21(20)27-25/h5-12,15,19,28,33H,3,13-14H2,1-2,4H3. The first-order valence-corrected chi connectivity index (χ1v) is 11.8. The third kappa shape index (κ3) is 5.93. The Labute approximate surface area is 193 Å². The number of aliphatic hydroxyl groups is 1. The molecule has 1 aromatic heterocycles. The molecule has 0 aliphatic carbocycles. The van der Waals surface area contributed by atoms with E-state index in [1.54, 1.807) is 12.1 Å². The first kappa shape index (κ1) is 24.8. The second-order valence-electron chi connectivity index (χ2n) is 8.02. The van der Waals surface area contributed by atoms with Crippen molar-refractivity contribution >= 4 is 30.7 Å². The summed E-state index contributed by atoms with van der Waals surface area (Å²) in [4.78, 5) is 16.8. The smallest absolute Gasteiger partial charge is 0.369 e. The second kappa shape index (κ2) is 10.8. The molecule has 0 radical (unpaired) electrons. The largest absolute Gasteiger partial charge is 0.393 e. The Morgan fingerprint density at radius 2 is 1.82 bits per heavy atom. The van der Waals surface area contributed by atoms with Crippen LogP contribution < -0.4 is 0 Å². The van der Waals surface area contributed by atoms with Crippen molar-refractivity contribution in [2.45, 2.75) is 38.7 Å². The Morgan fingerprint density at radius 3 is 2.45 bits per heavy atom. The minimum Gasteiger partial charge on any atom is -0.393 e. The quantitative estimate of drug-likeness (QED) is 0.391. The van der Waals surface area contributed by atoms with Crippen molar-refractivity contribution in [3.05, 3.63) is 72.2 Å². The van der Waals surface area contributed by atoms with Crippen LogP contribution >= 0.6 is 8.25 Å². The van der Waals surface area contributed by atoms with Gasteiger partial charge in [0.25, 0.3) is 0 Å². The molecule has 0 amide bonds. The summed E-state index contributed by atoms with van der Waals surface area (Å²) in [5, 5.41) is 11.4. The van der Waals surface area contributed by atoms with Crippen LogP contribution in [0.5, 0.6) is 0 Å². The molecule has 6 nitrogen and oxygen atoms in total. The number of halogens is 1. The van der Waals surface area contributed by atoms with E-state index in [1.165, 1.54) is 19.2 Å². The number of aromatic nitrogens is 1. The molecule has 0 saturated carbocycles. The van der Waals surface area contributed by atoms with E-state index in [-0.39, 0.29) is 24.6 Å². The monoisotopic (exact) mass is 471 g/mol. The fourth-order valence-electron chi connectivity index (χ4n) is 3.75. The summed E-state index contributed by atoms with van der Waals surface area (Å²) in [5.41, 5.74) is 4.56. The van der Waals surface area contributed by atoms with E-state index in [2.05, 4.69) is 15.6 Å². The van der Waals surface area contributed by atoms with Crippen LogP contribution in [-0.2, 0) is 18.4 Å². The highest BCUT2D eigenvalue weighted by molar-refractivity contribution is 7.34. The van der Waals surface area contributed by atoms with Crippen LogP contribution in [0.3, 0.4) is 0 Å². The Kier molecular flexibility index (Phi) is 8.14. The van der Waals surface area contributed by atoms with Gasteiger partial charge in [0.05, 0.1) is 23.7 Å². The van der Waals surface area contributed by atoms with Gasteiger partial charge in [-0.25, -0.2) is 8.96 Å². The van der Waals surface area contributed by atoms with Gasteiger partial charge >= 0.3 is 14.2 Å². The third-order valence-electron chi connectivity index (χ3n) is 5.20. The second-order valence-corrected chi connectivity index (χ2v) is 9.13. The van der Waals surface area contributed by atoms with E-state index in [0.29, 0.717) is 5.57 Å². The van der Waals surface area contributed by atoms with Gasteiger partial charge in [-0.3, -0.25) is 9.78 Å². The lowest BCUT2D eigenvalue weighted by atomic mass is 9.85. The lowest BCUT2D eigenvalue weighted by Gasteiger charge is -2.22. The minimum absolute atomic E-state index is 0.0370. The summed E-state index contributed by atoms with van der Waals surface area (Å²) in [6.07, 6.45) is -1.40. The van der Waals surface area contributed by atoms with Gasteiger partial charge in [0, 0.05) is 23.6 Å². The van der Waals surface area contributed by atoms with E-state index in [0.717, 1.165) is 33.3 Å². The van der Waals surface area contributed by atoms with Crippen molar-refractivity contribution in [1.82, 2.24) is 4.98 Å². The number of pyridine rings is 1. The predicted molar refractivity (Wildman–Crippen MR) is 128 cm³/mol. The maximum Gasteiger partial charge on any atom is 0.369 e. The minimum atomic E-state index is -2.91. The van der Waals surface area contributed by atoms with Crippen molar-refractivity contribution in [1.29, 1.82) is 0 Å². The van der Waals surface area contributed by atoms with Crippen LogP contribution in [-0.4, -0.2) is 29.3 Å². The number of carbonyl (C=O) groups is 1.